The highest BCUT2D eigenvalue weighted by molar-refractivity contribution is 7.98. The van der Waals surface area contributed by atoms with Crippen LogP contribution >= 0.6 is 11.8 Å². The molecule has 0 aliphatic heterocycles. The van der Waals surface area contributed by atoms with E-state index in [9.17, 15) is 0 Å². The molecule has 0 aliphatic rings. The maximum Gasteiger partial charge on any atom is 0.237 e. The van der Waals surface area contributed by atoms with Crippen LogP contribution in [0.2, 0.25) is 0 Å². The van der Waals surface area contributed by atoms with E-state index in [1.54, 1.807) is 18.7 Å². The predicted molar refractivity (Wildman–Crippen MR) is 72.9 cm³/mol. The molecular formula is C13H12N4OS. The first kappa shape index (κ1) is 12.1. The van der Waals surface area contributed by atoms with Crippen molar-refractivity contribution in [3.63, 3.8) is 0 Å². The van der Waals surface area contributed by atoms with Crippen molar-refractivity contribution in [3.05, 3.63) is 41.7 Å². The molecule has 0 N–H and O–H groups in total. The third-order valence-corrected chi connectivity index (χ3v) is 3.65. The molecule has 0 unspecified atom stereocenters. The van der Waals surface area contributed by atoms with E-state index in [1.807, 2.05) is 31.2 Å². The number of nitrogens with zero attached hydrogens (tertiary/aromatic N) is 4. The zero-order valence-electron chi connectivity index (χ0n) is 10.6. The largest absolute Gasteiger partial charge is 0.338 e. The topological polar surface area (TPSA) is 64.7 Å². The van der Waals surface area contributed by atoms with Crippen LogP contribution in [0.1, 0.15) is 17.4 Å². The molecule has 19 heavy (non-hydrogen) atoms. The molecule has 96 valence electrons. The van der Waals surface area contributed by atoms with Crippen LogP contribution in [0.4, 0.5) is 0 Å². The van der Waals surface area contributed by atoms with E-state index < -0.39 is 0 Å². The summed E-state index contributed by atoms with van der Waals surface area (Å²) in [5.74, 6) is 1.86. The highest BCUT2D eigenvalue weighted by atomic mass is 32.2. The Balaban J connectivity index is 1.86. The van der Waals surface area contributed by atoms with Crippen LogP contribution in [0.3, 0.4) is 0 Å². The monoisotopic (exact) mass is 272 g/mol. The summed E-state index contributed by atoms with van der Waals surface area (Å²) in [5.41, 5.74) is 2.73. The molecule has 1 aromatic carbocycles. The molecule has 3 aromatic rings. The Morgan fingerprint density at radius 3 is 2.47 bits per heavy atom. The van der Waals surface area contributed by atoms with Gasteiger partial charge in [0.05, 0.1) is 22.5 Å². The molecular weight excluding hydrogens is 260 g/mol. The van der Waals surface area contributed by atoms with Gasteiger partial charge in [-0.2, -0.15) is 4.98 Å². The number of rotatable bonds is 3. The minimum Gasteiger partial charge on any atom is -0.338 e. The quantitative estimate of drug-likeness (QED) is 0.683. The van der Waals surface area contributed by atoms with Crippen LogP contribution in [0.15, 0.2) is 33.8 Å². The lowest BCUT2D eigenvalue weighted by Crippen LogP contribution is -1.93. The van der Waals surface area contributed by atoms with E-state index in [-0.39, 0.29) is 0 Å². The van der Waals surface area contributed by atoms with E-state index in [4.69, 9.17) is 4.52 Å². The van der Waals surface area contributed by atoms with Gasteiger partial charge >= 0.3 is 0 Å². The van der Waals surface area contributed by atoms with Gasteiger partial charge in [-0.05, 0) is 26.0 Å². The van der Waals surface area contributed by atoms with Crippen molar-refractivity contribution in [1.29, 1.82) is 0 Å². The van der Waals surface area contributed by atoms with Crippen molar-refractivity contribution in [3.8, 4) is 0 Å². The lowest BCUT2D eigenvalue weighted by molar-refractivity contribution is 0.387. The highest BCUT2D eigenvalue weighted by Gasteiger charge is 2.09. The molecule has 0 aliphatic carbocycles. The summed E-state index contributed by atoms with van der Waals surface area (Å²) < 4.78 is 5.08. The summed E-state index contributed by atoms with van der Waals surface area (Å²) in [6, 6.07) is 7.85. The zero-order chi connectivity index (χ0) is 13.2. The van der Waals surface area contributed by atoms with Crippen LogP contribution in [0.25, 0.3) is 11.0 Å². The molecule has 2 aromatic heterocycles. The molecule has 0 saturated heterocycles. The van der Waals surface area contributed by atoms with Crippen LogP contribution in [0.5, 0.6) is 0 Å². The van der Waals surface area contributed by atoms with E-state index >= 15 is 0 Å². The zero-order valence-corrected chi connectivity index (χ0v) is 11.4. The molecule has 3 rings (SSSR count). The van der Waals surface area contributed by atoms with Crippen molar-refractivity contribution in [1.82, 2.24) is 20.1 Å². The summed E-state index contributed by atoms with van der Waals surface area (Å²) >= 11 is 1.56. The summed E-state index contributed by atoms with van der Waals surface area (Å²) in [4.78, 5) is 13.3. The first-order valence-corrected chi connectivity index (χ1v) is 6.86. The Labute approximate surface area is 114 Å². The summed E-state index contributed by atoms with van der Waals surface area (Å²) in [6.45, 7) is 3.76. The fourth-order valence-electron chi connectivity index (χ4n) is 1.74. The maximum absolute atomic E-state index is 5.08. The van der Waals surface area contributed by atoms with Gasteiger partial charge in [0.15, 0.2) is 5.82 Å². The van der Waals surface area contributed by atoms with Crippen LogP contribution in [-0.4, -0.2) is 20.1 Å². The van der Waals surface area contributed by atoms with Crippen molar-refractivity contribution in [2.45, 2.75) is 24.6 Å². The minimum absolute atomic E-state index is 0.606. The molecule has 0 spiro atoms. The van der Waals surface area contributed by atoms with Crippen molar-refractivity contribution < 1.29 is 4.52 Å². The molecule has 5 nitrogen and oxygen atoms in total. The third-order valence-electron chi connectivity index (χ3n) is 2.60. The highest BCUT2D eigenvalue weighted by Crippen LogP contribution is 2.24. The minimum atomic E-state index is 0.606. The van der Waals surface area contributed by atoms with Gasteiger partial charge in [0.25, 0.3) is 0 Å². The van der Waals surface area contributed by atoms with Gasteiger partial charge in [0, 0.05) is 0 Å². The van der Waals surface area contributed by atoms with Crippen molar-refractivity contribution in [2.24, 2.45) is 0 Å². The summed E-state index contributed by atoms with van der Waals surface area (Å²) in [5, 5.41) is 4.66. The van der Waals surface area contributed by atoms with E-state index in [0.717, 1.165) is 21.8 Å². The van der Waals surface area contributed by atoms with Gasteiger partial charge in [-0.25, -0.2) is 9.97 Å². The second-order valence-electron chi connectivity index (χ2n) is 4.13. The van der Waals surface area contributed by atoms with Crippen LogP contribution in [0, 0.1) is 13.8 Å². The first-order valence-electron chi connectivity index (χ1n) is 5.88. The maximum atomic E-state index is 5.08. The lowest BCUT2D eigenvalue weighted by atomic mass is 10.3. The lowest BCUT2D eigenvalue weighted by Gasteiger charge is -2.04. The molecule has 0 fully saturated rings. The molecule has 6 heteroatoms. The average molecular weight is 272 g/mol. The molecule has 0 bridgehead atoms. The number of aromatic nitrogens is 4. The average Bonchev–Trinajstić information content (AvgIpc) is 2.82. The van der Waals surface area contributed by atoms with Crippen LogP contribution < -0.4 is 0 Å². The number of fused-ring (bicyclic) bond motifs is 1. The molecule has 0 atom stereocenters. The first-order chi connectivity index (χ1) is 9.22. The Morgan fingerprint density at radius 1 is 1.05 bits per heavy atom. The second-order valence-corrected chi connectivity index (χ2v) is 5.09. The Kier molecular flexibility index (Phi) is 3.16. The molecule has 0 saturated carbocycles. The Morgan fingerprint density at radius 2 is 1.79 bits per heavy atom. The number of benzene rings is 1. The standard InChI is InChI=1S/C13H12N4OS/c1-8-13(19-7-12-15-9(2)17-18-12)16-11-6-4-3-5-10(11)14-8/h3-6H,7H2,1-2H3. The number of thioether (sulfide) groups is 1. The van der Waals surface area contributed by atoms with Gasteiger partial charge in [0.2, 0.25) is 5.89 Å². The van der Waals surface area contributed by atoms with E-state index in [0.29, 0.717) is 17.5 Å². The van der Waals surface area contributed by atoms with Gasteiger partial charge in [0.1, 0.15) is 5.03 Å². The third kappa shape index (κ3) is 2.58. The van der Waals surface area contributed by atoms with Gasteiger partial charge < -0.3 is 4.52 Å². The Hall–Kier alpha value is -1.95. The molecule has 2 heterocycles. The number of hydrogen-bond acceptors (Lipinski definition) is 6. The van der Waals surface area contributed by atoms with Crippen molar-refractivity contribution in [2.75, 3.05) is 0 Å². The summed E-state index contributed by atoms with van der Waals surface area (Å²) in [7, 11) is 0. The van der Waals surface area contributed by atoms with E-state index in [1.165, 1.54) is 0 Å². The van der Waals surface area contributed by atoms with E-state index in [2.05, 4.69) is 20.1 Å². The number of para-hydroxylation sites is 2. The fourth-order valence-corrected chi connectivity index (χ4v) is 2.53. The SMILES string of the molecule is Cc1noc(CSc2nc3ccccc3nc2C)n1. The predicted octanol–water partition coefficient (Wildman–Crippen LogP) is 2.92. The normalized spacial score (nSPS) is 11.1. The Bertz CT molecular complexity index is 725. The van der Waals surface area contributed by atoms with Gasteiger partial charge in [-0.3, -0.25) is 0 Å². The summed E-state index contributed by atoms with van der Waals surface area (Å²) in [6.07, 6.45) is 0. The smallest absolute Gasteiger partial charge is 0.237 e. The fraction of sp³-hybridized carbons (Fsp3) is 0.231. The molecule has 0 radical (unpaired) electrons. The van der Waals surface area contributed by atoms with Gasteiger partial charge in [-0.1, -0.05) is 29.1 Å². The number of hydrogen-bond donors (Lipinski definition) is 0. The second kappa shape index (κ2) is 4.97. The molecule has 0 amide bonds. The van der Waals surface area contributed by atoms with Crippen LogP contribution in [-0.2, 0) is 5.75 Å². The number of aryl methyl sites for hydroxylation is 2. The van der Waals surface area contributed by atoms with Crippen molar-refractivity contribution >= 4 is 22.8 Å². The van der Waals surface area contributed by atoms with Gasteiger partial charge in [-0.15, -0.1) is 0 Å².